The first-order valence-corrected chi connectivity index (χ1v) is 6.65. The summed E-state index contributed by atoms with van der Waals surface area (Å²) < 4.78 is 10.3. The minimum absolute atomic E-state index is 0.0303. The molecule has 2 N–H and O–H groups in total. The molecule has 1 heterocycles. The molecular formula is C13H26N2O3. The molecule has 0 radical (unpaired) electrons. The van der Waals surface area contributed by atoms with E-state index in [9.17, 15) is 4.79 Å². The Hall–Kier alpha value is -0.650. The Morgan fingerprint density at radius 2 is 2.11 bits per heavy atom. The number of nitrogens with one attached hydrogen (secondary N) is 2. The number of hydrogen-bond acceptors (Lipinski definition) is 4. The molecule has 5 nitrogen and oxygen atoms in total. The summed E-state index contributed by atoms with van der Waals surface area (Å²) in [6.07, 6.45) is 2.11. The third-order valence-electron chi connectivity index (χ3n) is 3.53. The molecule has 0 aromatic carbocycles. The molecule has 106 valence electrons. The smallest absolute Gasteiger partial charge is 0.236 e. The van der Waals surface area contributed by atoms with Crippen molar-refractivity contribution in [1.29, 1.82) is 0 Å². The summed E-state index contributed by atoms with van der Waals surface area (Å²) in [5.74, 6) is 0.0303. The third-order valence-corrected chi connectivity index (χ3v) is 3.53. The minimum atomic E-state index is -0.165. The zero-order chi connectivity index (χ0) is 13.4. The van der Waals surface area contributed by atoms with E-state index in [2.05, 4.69) is 17.6 Å². The molecule has 1 aliphatic heterocycles. The maximum absolute atomic E-state index is 11.7. The first kappa shape index (κ1) is 15.4. The zero-order valence-electron chi connectivity index (χ0n) is 11.8. The van der Waals surface area contributed by atoms with Crippen LogP contribution in [-0.2, 0) is 14.3 Å². The van der Waals surface area contributed by atoms with Crippen molar-refractivity contribution < 1.29 is 14.3 Å². The maximum Gasteiger partial charge on any atom is 0.236 e. The molecule has 1 saturated heterocycles. The lowest BCUT2D eigenvalue weighted by Gasteiger charge is -2.34. The van der Waals surface area contributed by atoms with E-state index in [4.69, 9.17) is 9.47 Å². The first-order valence-electron chi connectivity index (χ1n) is 6.65. The van der Waals surface area contributed by atoms with Crippen molar-refractivity contribution in [2.24, 2.45) is 5.41 Å². The van der Waals surface area contributed by atoms with E-state index in [-0.39, 0.29) is 17.4 Å². The average Bonchev–Trinajstić information content (AvgIpc) is 2.37. The van der Waals surface area contributed by atoms with Gasteiger partial charge in [-0.25, -0.2) is 0 Å². The van der Waals surface area contributed by atoms with E-state index in [0.717, 1.165) is 32.6 Å². The van der Waals surface area contributed by atoms with Crippen molar-refractivity contribution in [2.45, 2.75) is 32.7 Å². The largest absolute Gasteiger partial charge is 0.383 e. The maximum atomic E-state index is 11.7. The highest BCUT2D eigenvalue weighted by Gasteiger charge is 2.28. The second-order valence-corrected chi connectivity index (χ2v) is 5.31. The highest BCUT2D eigenvalue weighted by molar-refractivity contribution is 5.81. The van der Waals surface area contributed by atoms with Gasteiger partial charge in [0.15, 0.2) is 0 Å². The van der Waals surface area contributed by atoms with E-state index < -0.39 is 0 Å². The SMILES string of the molecule is COCCNC(=O)C(C)NCC1(C)CCOCC1. The van der Waals surface area contributed by atoms with Crippen LogP contribution < -0.4 is 10.6 Å². The van der Waals surface area contributed by atoms with Crippen LogP contribution in [0.4, 0.5) is 0 Å². The molecule has 0 aliphatic carbocycles. The van der Waals surface area contributed by atoms with E-state index in [1.807, 2.05) is 6.92 Å². The second-order valence-electron chi connectivity index (χ2n) is 5.31. The third kappa shape index (κ3) is 5.33. The predicted octanol–water partition coefficient (Wildman–Crippen LogP) is 0.544. The molecule has 1 rings (SSSR count). The lowest BCUT2D eigenvalue weighted by molar-refractivity contribution is -0.123. The van der Waals surface area contributed by atoms with E-state index in [1.165, 1.54) is 0 Å². The van der Waals surface area contributed by atoms with Crippen molar-refractivity contribution in [2.75, 3.05) is 40.0 Å². The van der Waals surface area contributed by atoms with Gasteiger partial charge in [0.05, 0.1) is 12.6 Å². The van der Waals surface area contributed by atoms with E-state index in [1.54, 1.807) is 7.11 Å². The summed E-state index contributed by atoms with van der Waals surface area (Å²) in [6.45, 7) is 7.76. The Bertz CT molecular complexity index is 253. The number of carbonyl (C=O) groups is 1. The van der Waals surface area contributed by atoms with Crippen molar-refractivity contribution in [1.82, 2.24) is 10.6 Å². The van der Waals surface area contributed by atoms with E-state index >= 15 is 0 Å². The Morgan fingerprint density at radius 3 is 2.72 bits per heavy atom. The van der Waals surface area contributed by atoms with Crippen molar-refractivity contribution in [3.8, 4) is 0 Å². The molecule has 18 heavy (non-hydrogen) atoms. The van der Waals surface area contributed by atoms with Gasteiger partial charge in [-0.15, -0.1) is 0 Å². The average molecular weight is 258 g/mol. The summed E-state index contributed by atoms with van der Waals surface area (Å²) in [5, 5.41) is 6.14. The Kier molecular flexibility index (Phi) is 6.60. The Morgan fingerprint density at radius 1 is 1.44 bits per heavy atom. The molecule has 0 aromatic heterocycles. The highest BCUT2D eigenvalue weighted by Crippen LogP contribution is 2.28. The number of methoxy groups -OCH3 is 1. The molecule has 1 atom stereocenters. The van der Waals surface area contributed by atoms with Gasteiger partial charge in [0, 0.05) is 33.4 Å². The molecule has 0 bridgehead atoms. The monoisotopic (exact) mass is 258 g/mol. The molecule has 0 aromatic rings. The van der Waals surface area contributed by atoms with Crippen molar-refractivity contribution in [3.05, 3.63) is 0 Å². The van der Waals surface area contributed by atoms with Gasteiger partial charge < -0.3 is 20.1 Å². The van der Waals surface area contributed by atoms with E-state index in [0.29, 0.717) is 13.2 Å². The lowest BCUT2D eigenvalue weighted by atomic mass is 9.82. The molecule has 5 heteroatoms. The van der Waals surface area contributed by atoms with Gasteiger partial charge in [-0.05, 0) is 25.2 Å². The van der Waals surface area contributed by atoms with Gasteiger partial charge in [0.2, 0.25) is 5.91 Å². The number of ether oxygens (including phenoxy) is 2. The van der Waals surface area contributed by atoms with Crippen molar-refractivity contribution in [3.63, 3.8) is 0 Å². The molecule has 1 aliphatic rings. The minimum Gasteiger partial charge on any atom is -0.383 e. The van der Waals surface area contributed by atoms with Gasteiger partial charge in [-0.1, -0.05) is 6.92 Å². The standard InChI is InChI=1S/C13H26N2O3/c1-11(12(16)14-6-9-17-3)15-10-13(2)4-7-18-8-5-13/h11,15H,4-10H2,1-3H3,(H,14,16). The lowest BCUT2D eigenvalue weighted by Crippen LogP contribution is -2.47. The second kappa shape index (κ2) is 7.71. The molecule has 1 fully saturated rings. The fourth-order valence-corrected chi connectivity index (χ4v) is 1.96. The van der Waals surface area contributed by atoms with Crippen LogP contribution in [0, 0.1) is 5.41 Å². The molecule has 0 spiro atoms. The number of amides is 1. The van der Waals surface area contributed by atoms with Crippen LogP contribution >= 0.6 is 0 Å². The number of hydrogen-bond donors (Lipinski definition) is 2. The van der Waals surface area contributed by atoms with Gasteiger partial charge in [-0.3, -0.25) is 4.79 Å². The topological polar surface area (TPSA) is 59.6 Å². The first-order chi connectivity index (χ1) is 8.57. The molecule has 1 amide bonds. The van der Waals surface area contributed by atoms with Crippen LogP contribution in [0.5, 0.6) is 0 Å². The van der Waals surface area contributed by atoms with Crippen LogP contribution in [0.2, 0.25) is 0 Å². The number of rotatable bonds is 7. The van der Waals surface area contributed by atoms with Gasteiger partial charge in [-0.2, -0.15) is 0 Å². The van der Waals surface area contributed by atoms with Crippen LogP contribution in [0.3, 0.4) is 0 Å². The number of carbonyl (C=O) groups excluding carboxylic acids is 1. The molecule has 1 unspecified atom stereocenters. The molecular weight excluding hydrogens is 232 g/mol. The van der Waals surface area contributed by atoms with Gasteiger partial charge >= 0.3 is 0 Å². The summed E-state index contributed by atoms with van der Waals surface area (Å²) in [6, 6.07) is -0.165. The van der Waals surface area contributed by atoms with Crippen molar-refractivity contribution >= 4 is 5.91 Å². The highest BCUT2D eigenvalue weighted by atomic mass is 16.5. The van der Waals surface area contributed by atoms with Crippen LogP contribution in [-0.4, -0.2) is 52.0 Å². The summed E-state index contributed by atoms with van der Waals surface area (Å²) in [5.41, 5.74) is 0.249. The molecule has 0 saturated carbocycles. The van der Waals surface area contributed by atoms with Gasteiger partial charge in [0.1, 0.15) is 0 Å². The summed E-state index contributed by atoms with van der Waals surface area (Å²) in [7, 11) is 1.62. The predicted molar refractivity (Wildman–Crippen MR) is 70.5 cm³/mol. The van der Waals surface area contributed by atoms with Crippen LogP contribution in [0.15, 0.2) is 0 Å². The Balaban J connectivity index is 2.22. The zero-order valence-corrected chi connectivity index (χ0v) is 11.8. The summed E-state index contributed by atoms with van der Waals surface area (Å²) >= 11 is 0. The van der Waals surface area contributed by atoms with Gasteiger partial charge in [0.25, 0.3) is 0 Å². The fourth-order valence-electron chi connectivity index (χ4n) is 1.96. The quantitative estimate of drug-likeness (QED) is 0.655. The van der Waals surface area contributed by atoms with Crippen LogP contribution in [0.1, 0.15) is 26.7 Å². The normalized spacial score (nSPS) is 20.4. The summed E-state index contributed by atoms with van der Waals surface area (Å²) in [4.78, 5) is 11.7. The Labute approximate surface area is 110 Å². The fraction of sp³-hybridized carbons (Fsp3) is 0.923. The van der Waals surface area contributed by atoms with Crippen LogP contribution in [0.25, 0.3) is 0 Å².